The van der Waals surface area contributed by atoms with E-state index in [0.29, 0.717) is 0 Å². The van der Waals surface area contributed by atoms with E-state index >= 15 is 0 Å². The molecule has 1 rings (SSSR count). The molecule has 0 saturated carbocycles. The van der Waals surface area contributed by atoms with Gasteiger partial charge in [0.2, 0.25) is 0 Å². The molecule has 64 valence electrons. The second-order valence-corrected chi connectivity index (χ2v) is 2.81. The highest BCUT2D eigenvalue weighted by Crippen LogP contribution is 2.14. The van der Waals surface area contributed by atoms with Crippen LogP contribution >= 0.6 is 0 Å². The molecule has 0 bridgehead atoms. The van der Waals surface area contributed by atoms with Crippen LogP contribution in [-0.2, 0) is 9.63 Å². The molecule has 0 spiro atoms. The Bertz CT molecular complexity index is 149. The summed E-state index contributed by atoms with van der Waals surface area (Å²) in [5.41, 5.74) is 2.34. The number of hydrogen-bond donors (Lipinski definition) is 1. The highest BCUT2D eigenvalue weighted by molar-refractivity contribution is 5.80. The average molecular weight is 158 g/mol. The van der Waals surface area contributed by atoms with Crippen LogP contribution in [-0.4, -0.2) is 37.6 Å². The monoisotopic (exact) mass is 158 g/mol. The Morgan fingerprint density at radius 2 is 2.45 bits per heavy atom. The predicted molar refractivity (Wildman–Crippen MR) is 40.8 cm³/mol. The molecule has 1 saturated heterocycles. The van der Waals surface area contributed by atoms with Gasteiger partial charge in [-0.3, -0.25) is 14.5 Å². The molecule has 0 aromatic rings. The first-order chi connectivity index (χ1) is 5.25. The molecule has 1 amide bonds. The van der Waals surface area contributed by atoms with Crippen LogP contribution in [0.1, 0.15) is 12.8 Å². The minimum absolute atomic E-state index is 0.00921. The van der Waals surface area contributed by atoms with E-state index in [2.05, 4.69) is 10.3 Å². The zero-order valence-electron chi connectivity index (χ0n) is 6.96. The lowest BCUT2D eigenvalue weighted by molar-refractivity contribution is -0.135. The van der Waals surface area contributed by atoms with Gasteiger partial charge in [0.25, 0.3) is 5.91 Å². The van der Waals surface area contributed by atoms with Gasteiger partial charge in [-0.05, 0) is 26.4 Å². The quantitative estimate of drug-likeness (QED) is 0.564. The van der Waals surface area contributed by atoms with Crippen LogP contribution in [0.4, 0.5) is 0 Å². The predicted octanol–water partition coefficient (Wildman–Crippen LogP) is -0.242. The van der Waals surface area contributed by atoms with Crippen molar-refractivity contribution in [3.8, 4) is 0 Å². The zero-order valence-corrected chi connectivity index (χ0v) is 6.96. The summed E-state index contributed by atoms with van der Waals surface area (Å²) < 4.78 is 0. The number of carbonyl (C=O) groups is 1. The Morgan fingerprint density at radius 3 is 2.91 bits per heavy atom. The van der Waals surface area contributed by atoms with E-state index in [-0.39, 0.29) is 11.9 Å². The molecule has 11 heavy (non-hydrogen) atoms. The number of rotatable bonds is 2. The lowest BCUT2D eigenvalue weighted by Crippen LogP contribution is -2.40. The topological polar surface area (TPSA) is 41.6 Å². The highest BCUT2D eigenvalue weighted by atomic mass is 16.6. The van der Waals surface area contributed by atoms with E-state index in [4.69, 9.17) is 0 Å². The van der Waals surface area contributed by atoms with Crippen molar-refractivity contribution in [3.05, 3.63) is 0 Å². The Balaban J connectivity index is 2.39. The van der Waals surface area contributed by atoms with Gasteiger partial charge in [-0.15, -0.1) is 0 Å². The molecule has 0 aromatic heterocycles. The van der Waals surface area contributed by atoms with Gasteiger partial charge in [0, 0.05) is 0 Å². The summed E-state index contributed by atoms with van der Waals surface area (Å²) in [7, 11) is 3.40. The third-order valence-corrected chi connectivity index (χ3v) is 2.03. The number of nitrogens with zero attached hydrogens (tertiary/aromatic N) is 1. The summed E-state index contributed by atoms with van der Waals surface area (Å²) in [6.45, 7) is 1.00. The Labute approximate surface area is 66.5 Å². The maximum atomic E-state index is 11.2. The zero-order chi connectivity index (χ0) is 8.27. The fraction of sp³-hybridized carbons (Fsp3) is 0.857. The fourth-order valence-corrected chi connectivity index (χ4v) is 1.41. The molecule has 1 heterocycles. The van der Waals surface area contributed by atoms with Crippen molar-refractivity contribution in [2.24, 2.45) is 0 Å². The summed E-state index contributed by atoms with van der Waals surface area (Å²) in [6.07, 6.45) is 2.03. The smallest absolute Gasteiger partial charge is 0.260 e. The Morgan fingerprint density at radius 1 is 1.73 bits per heavy atom. The lowest BCUT2D eigenvalue weighted by Gasteiger charge is -2.17. The van der Waals surface area contributed by atoms with Crippen molar-refractivity contribution in [2.75, 3.05) is 20.7 Å². The minimum Gasteiger partial charge on any atom is -0.295 e. The molecule has 0 aliphatic carbocycles. The average Bonchev–Trinajstić information content (AvgIpc) is 2.36. The third kappa shape index (κ3) is 1.91. The number of nitrogens with one attached hydrogen (secondary N) is 1. The summed E-state index contributed by atoms with van der Waals surface area (Å²) in [5.74, 6) is -0.0347. The van der Waals surface area contributed by atoms with Crippen molar-refractivity contribution in [3.63, 3.8) is 0 Å². The Kier molecular flexibility index (Phi) is 2.84. The van der Waals surface area contributed by atoms with Crippen molar-refractivity contribution < 1.29 is 9.63 Å². The maximum absolute atomic E-state index is 11.2. The third-order valence-electron chi connectivity index (χ3n) is 2.03. The highest BCUT2D eigenvalue weighted by Gasteiger charge is 2.27. The molecule has 1 fully saturated rings. The van der Waals surface area contributed by atoms with Crippen molar-refractivity contribution in [1.82, 2.24) is 10.4 Å². The van der Waals surface area contributed by atoms with E-state index in [1.807, 2.05) is 11.9 Å². The molecule has 1 aliphatic rings. The van der Waals surface area contributed by atoms with Gasteiger partial charge in [-0.1, -0.05) is 0 Å². The van der Waals surface area contributed by atoms with Gasteiger partial charge < -0.3 is 0 Å². The molecular formula is C7H14N2O2. The number of hydroxylamine groups is 1. The van der Waals surface area contributed by atoms with Gasteiger partial charge in [0.15, 0.2) is 0 Å². The summed E-state index contributed by atoms with van der Waals surface area (Å²) >= 11 is 0. The van der Waals surface area contributed by atoms with Gasteiger partial charge in [0.1, 0.15) is 0 Å². The first-order valence-corrected chi connectivity index (χ1v) is 3.79. The van der Waals surface area contributed by atoms with Crippen LogP contribution in [0.25, 0.3) is 0 Å². The second-order valence-electron chi connectivity index (χ2n) is 2.81. The van der Waals surface area contributed by atoms with Crippen molar-refractivity contribution >= 4 is 5.91 Å². The summed E-state index contributed by atoms with van der Waals surface area (Å²) in [6, 6.07) is 0.00921. The summed E-state index contributed by atoms with van der Waals surface area (Å²) in [5, 5.41) is 0. The van der Waals surface area contributed by atoms with Crippen LogP contribution in [0, 0.1) is 0 Å². The van der Waals surface area contributed by atoms with Crippen LogP contribution in [0.2, 0.25) is 0 Å². The molecule has 0 radical (unpaired) electrons. The number of likely N-dealkylation sites (N-methyl/N-ethyl adjacent to an activating group) is 1. The van der Waals surface area contributed by atoms with Gasteiger partial charge in [-0.2, -0.15) is 0 Å². The van der Waals surface area contributed by atoms with E-state index in [9.17, 15) is 4.79 Å². The molecule has 1 aliphatic heterocycles. The van der Waals surface area contributed by atoms with E-state index in [1.165, 1.54) is 7.11 Å². The largest absolute Gasteiger partial charge is 0.295 e. The number of hydrogen-bond acceptors (Lipinski definition) is 3. The standard InChI is InChI=1S/C7H14N2O2/c1-9-5-3-4-6(9)7(10)8-11-2/h6H,3-5H2,1-2H3,(H,8,10). The molecule has 4 nitrogen and oxygen atoms in total. The molecule has 1 unspecified atom stereocenters. The molecule has 1 atom stereocenters. The maximum Gasteiger partial charge on any atom is 0.260 e. The van der Waals surface area contributed by atoms with Crippen LogP contribution < -0.4 is 5.48 Å². The first-order valence-electron chi connectivity index (χ1n) is 3.79. The lowest BCUT2D eigenvalue weighted by atomic mass is 10.2. The van der Waals surface area contributed by atoms with Gasteiger partial charge in [0.05, 0.1) is 13.2 Å². The molecule has 0 aromatic carbocycles. The molecule has 1 N–H and O–H groups in total. The van der Waals surface area contributed by atoms with Crippen LogP contribution in [0.3, 0.4) is 0 Å². The summed E-state index contributed by atoms with van der Waals surface area (Å²) in [4.78, 5) is 17.8. The van der Waals surface area contributed by atoms with Crippen LogP contribution in [0.5, 0.6) is 0 Å². The number of amides is 1. The Hall–Kier alpha value is -0.610. The van der Waals surface area contributed by atoms with Crippen LogP contribution in [0.15, 0.2) is 0 Å². The van der Waals surface area contributed by atoms with E-state index < -0.39 is 0 Å². The van der Waals surface area contributed by atoms with Gasteiger partial charge >= 0.3 is 0 Å². The van der Waals surface area contributed by atoms with Crippen molar-refractivity contribution in [1.29, 1.82) is 0 Å². The number of carbonyl (C=O) groups excluding carboxylic acids is 1. The molecular weight excluding hydrogens is 144 g/mol. The van der Waals surface area contributed by atoms with Gasteiger partial charge in [-0.25, -0.2) is 5.48 Å². The normalized spacial score (nSPS) is 25.5. The second kappa shape index (κ2) is 3.69. The number of likely N-dealkylation sites (tertiary alicyclic amines) is 1. The SMILES string of the molecule is CONC(=O)C1CCCN1C. The van der Waals surface area contributed by atoms with Crippen molar-refractivity contribution in [2.45, 2.75) is 18.9 Å². The van der Waals surface area contributed by atoms with E-state index in [1.54, 1.807) is 0 Å². The fourth-order valence-electron chi connectivity index (χ4n) is 1.41. The first kappa shape index (κ1) is 8.49. The molecule has 4 heteroatoms. The van der Waals surface area contributed by atoms with E-state index in [0.717, 1.165) is 19.4 Å². The minimum atomic E-state index is -0.0347.